The molecule has 1 aromatic rings. The summed E-state index contributed by atoms with van der Waals surface area (Å²) in [6, 6.07) is 5.87. The highest BCUT2D eigenvalue weighted by Gasteiger charge is 2.31. The van der Waals surface area contributed by atoms with E-state index >= 15 is 0 Å². The zero-order valence-electron chi connectivity index (χ0n) is 10.1. The fraction of sp³-hybridized carbons (Fsp3) is 0.273. The maximum Gasteiger partial charge on any atom is 0.397 e. The average molecular weight is 291 g/mol. The van der Waals surface area contributed by atoms with E-state index in [9.17, 15) is 18.0 Å². The van der Waals surface area contributed by atoms with Crippen LogP contribution in [0.25, 0.3) is 0 Å². The number of nitrogens with two attached hydrogens (primary N) is 1. The van der Waals surface area contributed by atoms with Crippen LogP contribution in [-0.2, 0) is 4.79 Å². The van der Waals surface area contributed by atoms with Crippen LogP contribution >= 0.6 is 0 Å². The molecule has 0 fully saturated rings. The Morgan fingerprint density at radius 2 is 2.05 bits per heavy atom. The molecule has 0 saturated heterocycles. The molecule has 0 radical (unpaired) electrons. The number of hydrogen-bond donors (Lipinski definition) is 3. The quantitative estimate of drug-likeness (QED) is 0.333. The molecule has 9 heteroatoms. The van der Waals surface area contributed by atoms with Crippen molar-refractivity contribution in [1.29, 1.82) is 0 Å². The molecule has 6 nitrogen and oxygen atoms in total. The van der Waals surface area contributed by atoms with Gasteiger partial charge in [-0.1, -0.05) is 17.3 Å². The number of para-hydroxylation sites is 2. The van der Waals surface area contributed by atoms with Crippen molar-refractivity contribution in [3.05, 3.63) is 24.3 Å². The van der Waals surface area contributed by atoms with Crippen LogP contribution in [0, 0.1) is 0 Å². The third-order valence-corrected chi connectivity index (χ3v) is 2.03. The molecule has 0 aliphatic heterocycles. The monoisotopic (exact) mass is 291 g/mol. The number of amides is 1. The molecular weight excluding hydrogens is 279 g/mol. The molecule has 1 aromatic carbocycles. The highest BCUT2D eigenvalue weighted by Crippen LogP contribution is 2.25. The van der Waals surface area contributed by atoms with E-state index in [0.29, 0.717) is 0 Å². The van der Waals surface area contributed by atoms with Gasteiger partial charge in [-0.3, -0.25) is 4.79 Å². The zero-order valence-corrected chi connectivity index (χ0v) is 10.1. The van der Waals surface area contributed by atoms with E-state index in [2.05, 4.69) is 10.5 Å². The summed E-state index contributed by atoms with van der Waals surface area (Å²) in [5.41, 5.74) is 5.26. The second-order valence-corrected chi connectivity index (χ2v) is 3.72. The summed E-state index contributed by atoms with van der Waals surface area (Å²) in [6.45, 7) is -0.275. The molecule has 4 N–H and O–H groups in total. The average Bonchev–Trinajstić information content (AvgIpc) is 2.35. The van der Waals surface area contributed by atoms with Crippen LogP contribution in [0.3, 0.4) is 0 Å². The molecule has 0 heterocycles. The number of amidine groups is 1. The minimum absolute atomic E-state index is 0.0625. The fourth-order valence-electron chi connectivity index (χ4n) is 1.25. The number of nitrogens with one attached hydrogen (secondary N) is 1. The van der Waals surface area contributed by atoms with Crippen molar-refractivity contribution in [2.45, 2.75) is 12.6 Å². The second kappa shape index (κ2) is 6.64. The molecule has 1 rings (SSSR count). The van der Waals surface area contributed by atoms with Crippen molar-refractivity contribution in [2.75, 3.05) is 11.9 Å². The second-order valence-electron chi connectivity index (χ2n) is 3.72. The Hall–Kier alpha value is -2.45. The van der Waals surface area contributed by atoms with Crippen LogP contribution in [0.5, 0.6) is 5.75 Å². The first kappa shape index (κ1) is 15.6. The fourth-order valence-corrected chi connectivity index (χ4v) is 1.25. The number of anilines is 1. The number of nitrogens with zero attached hydrogens (tertiary/aromatic N) is 1. The maximum absolute atomic E-state index is 12.1. The van der Waals surface area contributed by atoms with Crippen LogP contribution in [0.2, 0.25) is 0 Å². The van der Waals surface area contributed by atoms with Crippen LogP contribution in [0.1, 0.15) is 6.42 Å². The van der Waals surface area contributed by atoms with E-state index in [4.69, 9.17) is 15.7 Å². The summed E-state index contributed by atoms with van der Waals surface area (Å²) in [6.07, 6.45) is -6.19. The van der Waals surface area contributed by atoms with Gasteiger partial charge in [0, 0.05) is 0 Å². The van der Waals surface area contributed by atoms with Gasteiger partial charge in [0.05, 0.1) is 5.69 Å². The summed E-state index contributed by atoms with van der Waals surface area (Å²) in [5, 5.41) is 13.1. The summed E-state index contributed by atoms with van der Waals surface area (Å²) in [4.78, 5) is 11.2. The van der Waals surface area contributed by atoms with Crippen molar-refractivity contribution in [2.24, 2.45) is 10.9 Å². The Bertz CT molecular complexity index is 503. The van der Waals surface area contributed by atoms with Gasteiger partial charge >= 0.3 is 6.18 Å². The molecule has 0 aliphatic carbocycles. The molecule has 0 atom stereocenters. The van der Waals surface area contributed by atoms with E-state index in [0.717, 1.165) is 0 Å². The Kier molecular flexibility index (Phi) is 5.18. The third-order valence-electron chi connectivity index (χ3n) is 2.03. The highest BCUT2D eigenvalue weighted by molar-refractivity contribution is 5.92. The maximum atomic E-state index is 12.1. The van der Waals surface area contributed by atoms with Crippen molar-refractivity contribution in [3.8, 4) is 5.75 Å². The van der Waals surface area contributed by atoms with E-state index in [-0.39, 0.29) is 23.9 Å². The number of hydrogen-bond acceptors (Lipinski definition) is 4. The largest absolute Gasteiger partial charge is 0.483 e. The van der Waals surface area contributed by atoms with Gasteiger partial charge in [0.25, 0.3) is 0 Å². The molecule has 0 bridgehead atoms. The van der Waals surface area contributed by atoms with E-state index in [1.165, 1.54) is 18.2 Å². The van der Waals surface area contributed by atoms with Crippen molar-refractivity contribution in [3.63, 3.8) is 0 Å². The molecule has 0 unspecified atom stereocenters. The van der Waals surface area contributed by atoms with Crippen molar-refractivity contribution < 1.29 is 27.9 Å². The minimum Gasteiger partial charge on any atom is -0.483 e. The normalized spacial score (nSPS) is 12.1. The van der Waals surface area contributed by atoms with Crippen molar-refractivity contribution >= 4 is 17.4 Å². The van der Waals surface area contributed by atoms with E-state index in [1.807, 2.05) is 0 Å². The standard InChI is InChI=1S/C11H12F3N3O3/c12-11(13,14)5-10(18)16-7-3-1-2-4-8(7)20-6-9(15)17-19/h1-4,19H,5-6H2,(H2,15,17)(H,16,18). The van der Waals surface area contributed by atoms with Gasteiger partial charge in [-0.2, -0.15) is 13.2 Å². The van der Waals surface area contributed by atoms with Crippen LogP contribution in [0.15, 0.2) is 29.4 Å². The Labute approximate surface area is 112 Å². The highest BCUT2D eigenvalue weighted by atomic mass is 19.4. The Balaban J connectivity index is 2.73. The lowest BCUT2D eigenvalue weighted by atomic mass is 10.2. The number of carbonyl (C=O) groups excluding carboxylic acids is 1. The molecule has 0 saturated carbocycles. The third kappa shape index (κ3) is 5.46. The predicted octanol–water partition coefficient (Wildman–Crippen LogP) is 1.70. The summed E-state index contributed by atoms with van der Waals surface area (Å²) < 4.78 is 41.3. The molecule has 110 valence electrons. The zero-order chi connectivity index (χ0) is 15.2. The van der Waals surface area contributed by atoms with Crippen molar-refractivity contribution in [1.82, 2.24) is 0 Å². The SMILES string of the molecule is N/C(COc1ccccc1NC(=O)CC(F)(F)F)=N\O. The number of ether oxygens (including phenoxy) is 1. The van der Waals surface area contributed by atoms with Gasteiger partial charge in [0.1, 0.15) is 18.8 Å². The first-order chi connectivity index (χ1) is 9.31. The first-order valence-corrected chi connectivity index (χ1v) is 5.36. The summed E-state index contributed by atoms with van der Waals surface area (Å²) in [5.74, 6) is -1.33. The van der Waals surface area contributed by atoms with E-state index in [1.54, 1.807) is 6.07 Å². The molecule has 0 aromatic heterocycles. The molecule has 20 heavy (non-hydrogen) atoms. The van der Waals surface area contributed by atoms with Crippen LogP contribution in [0.4, 0.5) is 18.9 Å². The van der Waals surface area contributed by atoms with Gasteiger partial charge < -0.3 is 21.0 Å². The number of benzene rings is 1. The smallest absolute Gasteiger partial charge is 0.397 e. The summed E-state index contributed by atoms with van der Waals surface area (Å²) in [7, 11) is 0. The van der Waals surface area contributed by atoms with Gasteiger partial charge in [-0.05, 0) is 12.1 Å². The molecule has 0 aliphatic rings. The number of carbonyl (C=O) groups is 1. The predicted molar refractivity (Wildman–Crippen MR) is 64.6 cm³/mol. The Morgan fingerprint density at radius 3 is 2.65 bits per heavy atom. The van der Waals surface area contributed by atoms with Gasteiger partial charge in [-0.15, -0.1) is 0 Å². The van der Waals surface area contributed by atoms with E-state index < -0.39 is 18.5 Å². The molecular formula is C11H12F3N3O3. The number of oxime groups is 1. The first-order valence-electron chi connectivity index (χ1n) is 5.36. The number of rotatable bonds is 5. The summed E-state index contributed by atoms with van der Waals surface area (Å²) >= 11 is 0. The Morgan fingerprint density at radius 1 is 1.40 bits per heavy atom. The lowest BCUT2D eigenvalue weighted by molar-refractivity contribution is -0.150. The number of alkyl halides is 3. The molecule has 1 amide bonds. The molecule has 0 spiro atoms. The van der Waals surface area contributed by atoms with Gasteiger partial charge in [-0.25, -0.2) is 0 Å². The van der Waals surface area contributed by atoms with Crippen LogP contribution < -0.4 is 15.8 Å². The van der Waals surface area contributed by atoms with Gasteiger partial charge in [0.2, 0.25) is 5.91 Å². The minimum atomic E-state index is -4.59. The van der Waals surface area contributed by atoms with Gasteiger partial charge in [0.15, 0.2) is 5.84 Å². The lowest BCUT2D eigenvalue weighted by Crippen LogP contribution is -2.23. The lowest BCUT2D eigenvalue weighted by Gasteiger charge is -2.12. The van der Waals surface area contributed by atoms with Crippen LogP contribution in [-0.4, -0.2) is 29.7 Å². The topological polar surface area (TPSA) is 96.9 Å². The number of halogens is 3.